The van der Waals surface area contributed by atoms with Crippen LogP contribution < -0.4 is 0 Å². The number of unbranched alkanes of at least 4 members (excludes halogenated alkanes) is 10. The van der Waals surface area contributed by atoms with Crippen molar-refractivity contribution in [3.63, 3.8) is 0 Å². The third-order valence-corrected chi connectivity index (χ3v) is 8.38. The molecule has 1 aliphatic carbocycles. The Bertz CT molecular complexity index is 780. The molecule has 8 nitrogen and oxygen atoms in total. The van der Waals surface area contributed by atoms with Crippen molar-refractivity contribution >= 4 is 17.7 Å². The molecule has 0 aliphatic heterocycles. The second-order valence-electron chi connectivity index (χ2n) is 12.9. The van der Waals surface area contributed by atoms with Gasteiger partial charge in [0.25, 0.3) is 0 Å². The number of carbonyl (C=O) groups is 3. The molecule has 1 aliphatic rings. The number of ketones is 1. The standard InChI is InChI=1S/C35H62O8/c1-4-5-12-18-28(37)22-23-31-30(32(38)24-33(31)39)19-14-10-11-16-21-35(41)43-29(25-36)26-42-34(40)20-15-9-7-6-8-13-17-27(2)3/h22-23,27-31,33,36-37,39H,4-21,24-26H2,1-3H3/b23-22+/t28-,29-,30+,31+,33+/m0/s1. The Labute approximate surface area is 261 Å². The number of hydrogen-bond donors (Lipinski definition) is 3. The quantitative estimate of drug-likeness (QED) is 0.0566. The summed E-state index contributed by atoms with van der Waals surface area (Å²) in [5.74, 6) is -0.408. The minimum absolute atomic E-state index is 0.0782. The highest BCUT2D eigenvalue weighted by molar-refractivity contribution is 5.84. The minimum atomic E-state index is -0.854. The van der Waals surface area contributed by atoms with E-state index < -0.39 is 30.9 Å². The lowest BCUT2D eigenvalue weighted by atomic mass is 9.88. The molecular formula is C35H62O8. The Kier molecular flexibility index (Phi) is 22.4. The van der Waals surface area contributed by atoms with Crippen LogP contribution in [0.1, 0.15) is 143 Å². The van der Waals surface area contributed by atoms with Gasteiger partial charge in [-0.05, 0) is 31.6 Å². The highest BCUT2D eigenvalue weighted by Gasteiger charge is 2.39. The highest BCUT2D eigenvalue weighted by atomic mass is 16.6. The largest absolute Gasteiger partial charge is 0.462 e. The fourth-order valence-electron chi connectivity index (χ4n) is 5.69. The molecule has 0 aromatic carbocycles. The van der Waals surface area contributed by atoms with E-state index >= 15 is 0 Å². The second-order valence-corrected chi connectivity index (χ2v) is 12.9. The Hall–Kier alpha value is -1.77. The monoisotopic (exact) mass is 610 g/mol. The maximum absolute atomic E-state index is 12.4. The Morgan fingerprint density at radius 1 is 0.884 bits per heavy atom. The van der Waals surface area contributed by atoms with Crippen molar-refractivity contribution in [1.82, 2.24) is 0 Å². The van der Waals surface area contributed by atoms with Crippen molar-refractivity contribution in [3.05, 3.63) is 12.2 Å². The summed E-state index contributed by atoms with van der Waals surface area (Å²) in [4.78, 5) is 36.7. The van der Waals surface area contributed by atoms with Gasteiger partial charge in [-0.2, -0.15) is 0 Å². The molecule has 0 radical (unpaired) electrons. The molecule has 1 fully saturated rings. The van der Waals surface area contributed by atoms with Gasteiger partial charge in [-0.15, -0.1) is 0 Å². The molecule has 1 saturated carbocycles. The molecule has 0 amide bonds. The van der Waals surface area contributed by atoms with Crippen molar-refractivity contribution < 1.29 is 39.2 Å². The summed E-state index contributed by atoms with van der Waals surface area (Å²) in [7, 11) is 0. The van der Waals surface area contributed by atoms with E-state index in [9.17, 15) is 29.7 Å². The molecule has 0 unspecified atom stereocenters. The summed E-state index contributed by atoms with van der Waals surface area (Å²) >= 11 is 0. The smallest absolute Gasteiger partial charge is 0.306 e. The fourth-order valence-corrected chi connectivity index (χ4v) is 5.69. The summed E-state index contributed by atoms with van der Waals surface area (Å²) in [6.07, 6.45) is 17.6. The minimum Gasteiger partial charge on any atom is -0.462 e. The van der Waals surface area contributed by atoms with E-state index in [2.05, 4.69) is 20.8 Å². The first-order chi connectivity index (χ1) is 20.7. The van der Waals surface area contributed by atoms with Crippen LogP contribution in [0.3, 0.4) is 0 Å². The van der Waals surface area contributed by atoms with Crippen molar-refractivity contribution in [2.24, 2.45) is 17.8 Å². The molecule has 0 saturated heterocycles. The van der Waals surface area contributed by atoms with Gasteiger partial charge in [0.15, 0.2) is 6.10 Å². The van der Waals surface area contributed by atoms with E-state index in [0.29, 0.717) is 25.7 Å². The Morgan fingerprint density at radius 2 is 1.49 bits per heavy atom. The average molecular weight is 611 g/mol. The summed E-state index contributed by atoms with van der Waals surface area (Å²) in [5.41, 5.74) is 0. The van der Waals surface area contributed by atoms with Crippen LogP contribution in [0, 0.1) is 17.8 Å². The summed E-state index contributed by atoms with van der Waals surface area (Å²) < 4.78 is 10.5. The fraction of sp³-hybridized carbons (Fsp3) is 0.857. The predicted molar refractivity (Wildman–Crippen MR) is 169 cm³/mol. The van der Waals surface area contributed by atoms with Crippen molar-refractivity contribution in [3.8, 4) is 0 Å². The first-order valence-corrected chi connectivity index (χ1v) is 17.2. The van der Waals surface area contributed by atoms with Gasteiger partial charge in [0.1, 0.15) is 12.4 Å². The number of carbonyl (C=O) groups excluding carboxylic acids is 3. The maximum Gasteiger partial charge on any atom is 0.306 e. The maximum atomic E-state index is 12.4. The average Bonchev–Trinajstić information content (AvgIpc) is 3.24. The normalized spacial score (nSPS) is 20.2. The Morgan fingerprint density at radius 3 is 2.14 bits per heavy atom. The summed E-state index contributed by atoms with van der Waals surface area (Å²) in [6, 6.07) is 0. The lowest BCUT2D eigenvalue weighted by Gasteiger charge is -2.18. The van der Waals surface area contributed by atoms with Gasteiger partial charge in [0.2, 0.25) is 0 Å². The third-order valence-electron chi connectivity index (χ3n) is 8.38. The lowest BCUT2D eigenvalue weighted by Crippen LogP contribution is -2.28. The number of esters is 2. The van der Waals surface area contributed by atoms with E-state index in [4.69, 9.17) is 9.47 Å². The number of hydrogen-bond acceptors (Lipinski definition) is 8. The third kappa shape index (κ3) is 19.3. The number of rotatable bonds is 26. The molecule has 5 atom stereocenters. The van der Waals surface area contributed by atoms with E-state index in [-0.39, 0.29) is 43.0 Å². The molecule has 0 spiro atoms. The molecule has 0 bridgehead atoms. The molecular weight excluding hydrogens is 548 g/mol. The van der Waals surface area contributed by atoms with Gasteiger partial charge in [0, 0.05) is 31.1 Å². The summed E-state index contributed by atoms with van der Waals surface area (Å²) in [6.45, 7) is 6.06. The Balaban J connectivity index is 2.18. The van der Waals surface area contributed by atoms with Crippen LogP contribution in [0.15, 0.2) is 12.2 Å². The van der Waals surface area contributed by atoms with E-state index in [1.165, 1.54) is 25.7 Å². The predicted octanol–water partition coefficient (Wildman–Crippen LogP) is 6.61. The SMILES string of the molecule is CCCCC[C@H](O)/C=C/[C@H]1[C@H](O)CC(=O)[C@@H]1CCCCCCC(=O)O[C@@H](CO)COC(=O)CCCCCCCCC(C)C. The number of Topliss-reactive ketones (excluding diaryl/α,β-unsaturated/α-hetero) is 1. The number of aliphatic hydroxyl groups is 3. The number of aliphatic hydroxyl groups excluding tert-OH is 3. The van der Waals surface area contributed by atoms with Gasteiger partial charge >= 0.3 is 11.9 Å². The van der Waals surface area contributed by atoms with Gasteiger partial charge in [-0.25, -0.2) is 0 Å². The zero-order valence-electron chi connectivity index (χ0n) is 27.4. The molecule has 8 heteroatoms. The van der Waals surface area contributed by atoms with Crippen molar-refractivity contribution in [1.29, 1.82) is 0 Å². The van der Waals surface area contributed by atoms with Crippen LogP contribution in [0.2, 0.25) is 0 Å². The molecule has 250 valence electrons. The number of ether oxygens (including phenoxy) is 2. The van der Waals surface area contributed by atoms with Crippen LogP contribution in [-0.4, -0.2) is 64.6 Å². The topological polar surface area (TPSA) is 130 Å². The molecule has 0 aromatic heterocycles. The zero-order valence-corrected chi connectivity index (χ0v) is 27.4. The van der Waals surface area contributed by atoms with Crippen LogP contribution in [0.4, 0.5) is 0 Å². The van der Waals surface area contributed by atoms with Gasteiger partial charge in [-0.1, -0.05) is 110 Å². The first-order valence-electron chi connectivity index (χ1n) is 17.2. The molecule has 3 N–H and O–H groups in total. The second kappa shape index (κ2) is 24.5. The molecule has 43 heavy (non-hydrogen) atoms. The molecule has 0 heterocycles. The summed E-state index contributed by atoms with van der Waals surface area (Å²) in [5, 5.41) is 30.1. The van der Waals surface area contributed by atoms with E-state index in [1.807, 2.05) is 6.08 Å². The lowest BCUT2D eigenvalue weighted by molar-refractivity contribution is -0.161. The highest BCUT2D eigenvalue weighted by Crippen LogP contribution is 2.34. The van der Waals surface area contributed by atoms with Crippen LogP contribution in [0.25, 0.3) is 0 Å². The van der Waals surface area contributed by atoms with Gasteiger partial charge < -0.3 is 24.8 Å². The van der Waals surface area contributed by atoms with Crippen molar-refractivity contribution in [2.75, 3.05) is 13.2 Å². The van der Waals surface area contributed by atoms with Crippen LogP contribution in [0.5, 0.6) is 0 Å². The van der Waals surface area contributed by atoms with Crippen molar-refractivity contribution in [2.45, 2.75) is 161 Å². The van der Waals surface area contributed by atoms with Gasteiger partial charge in [-0.3, -0.25) is 14.4 Å². The van der Waals surface area contributed by atoms with Crippen LogP contribution >= 0.6 is 0 Å². The molecule has 1 rings (SSSR count). The van der Waals surface area contributed by atoms with Gasteiger partial charge in [0.05, 0.1) is 18.8 Å². The van der Waals surface area contributed by atoms with Crippen LogP contribution in [-0.2, 0) is 23.9 Å². The van der Waals surface area contributed by atoms with E-state index in [1.54, 1.807) is 6.08 Å². The van der Waals surface area contributed by atoms with E-state index in [0.717, 1.165) is 63.7 Å². The zero-order chi connectivity index (χ0) is 31.9. The first kappa shape index (κ1) is 39.3. The molecule has 0 aromatic rings.